The van der Waals surface area contributed by atoms with Crippen LogP contribution in [0, 0.1) is 5.82 Å². The van der Waals surface area contributed by atoms with E-state index in [2.05, 4.69) is 14.8 Å². The Kier molecular flexibility index (Phi) is 6.91. The summed E-state index contributed by atoms with van der Waals surface area (Å²) in [6.07, 6.45) is 4.74. The van der Waals surface area contributed by atoms with Crippen LogP contribution in [0.15, 0.2) is 48.8 Å². The van der Waals surface area contributed by atoms with Crippen molar-refractivity contribution < 1.29 is 9.13 Å². The van der Waals surface area contributed by atoms with Crippen LogP contribution in [0.25, 0.3) is 0 Å². The van der Waals surface area contributed by atoms with Crippen LogP contribution in [0.3, 0.4) is 0 Å². The fourth-order valence-electron chi connectivity index (χ4n) is 3.20. The Balaban J connectivity index is 1.57. The summed E-state index contributed by atoms with van der Waals surface area (Å²) >= 11 is 0. The molecule has 1 aromatic carbocycles. The molecule has 134 valence electrons. The minimum Gasteiger partial charge on any atom is -0.379 e. The van der Waals surface area contributed by atoms with Crippen molar-refractivity contribution >= 4 is 0 Å². The summed E-state index contributed by atoms with van der Waals surface area (Å²) < 4.78 is 18.9. The maximum atomic E-state index is 13.5. The van der Waals surface area contributed by atoms with Gasteiger partial charge >= 0.3 is 0 Å². The highest BCUT2D eigenvalue weighted by atomic mass is 19.1. The molecule has 1 aliphatic heterocycles. The molecule has 1 saturated heterocycles. The zero-order chi connectivity index (χ0) is 17.3. The first kappa shape index (κ1) is 18.0. The molecule has 1 aliphatic rings. The average Bonchev–Trinajstić information content (AvgIpc) is 2.63. The van der Waals surface area contributed by atoms with E-state index < -0.39 is 0 Å². The van der Waals surface area contributed by atoms with Crippen LogP contribution in [0.2, 0.25) is 0 Å². The van der Waals surface area contributed by atoms with Crippen LogP contribution in [0.1, 0.15) is 17.5 Å². The second kappa shape index (κ2) is 9.61. The van der Waals surface area contributed by atoms with E-state index in [0.717, 1.165) is 64.5 Å². The SMILES string of the molecule is Fc1cccc(CN(CCCN2CCOCC2)Cc2ccncc2)c1. The lowest BCUT2D eigenvalue weighted by molar-refractivity contribution is 0.0359. The molecule has 3 rings (SSSR count). The molecule has 2 aromatic rings. The van der Waals surface area contributed by atoms with Gasteiger partial charge in [-0.1, -0.05) is 12.1 Å². The molecule has 5 heteroatoms. The topological polar surface area (TPSA) is 28.6 Å². The maximum absolute atomic E-state index is 13.5. The van der Waals surface area contributed by atoms with E-state index in [1.54, 1.807) is 12.1 Å². The highest BCUT2D eigenvalue weighted by molar-refractivity contribution is 5.17. The predicted molar refractivity (Wildman–Crippen MR) is 96.6 cm³/mol. The van der Waals surface area contributed by atoms with Crippen molar-refractivity contribution in [1.82, 2.24) is 14.8 Å². The molecule has 2 heterocycles. The van der Waals surface area contributed by atoms with Gasteiger partial charge < -0.3 is 4.74 Å². The van der Waals surface area contributed by atoms with Crippen LogP contribution in [0.5, 0.6) is 0 Å². The number of hydrogen-bond acceptors (Lipinski definition) is 4. The quantitative estimate of drug-likeness (QED) is 0.737. The van der Waals surface area contributed by atoms with Crippen molar-refractivity contribution in [3.05, 3.63) is 65.7 Å². The monoisotopic (exact) mass is 343 g/mol. The summed E-state index contributed by atoms with van der Waals surface area (Å²) in [4.78, 5) is 8.92. The third-order valence-corrected chi connectivity index (χ3v) is 4.50. The summed E-state index contributed by atoms with van der Waals surface area (Å²) in [6.45, 7) is 7.39. The molecule has 0 bridgehead atoms. The standard InChI is InChI=1S/C20H26FN3O/c21-20-4-1-3-19(15-20)17-24(16-18-5-7-22-8-6-18)10-2-9-23-11-13-25-14-12-23/h1,3-8,15H,2,9-14,16-17H2. The van der Waals surface area contributed by atoms with Gasteiger partial charge in [-0.15, -0.1) is 0 Å². The van der Waals surface area contributed by atoms with Gasteiger partial charge in [0, 0.05) is 45.1 Å². The first-order chi connectivity index (χ1) is 12.3. The van der Waals surface area contributed by atoms with E-state index in [-0.39, 0.29) is 5.82 Å². The Hall–Kier alpha value is -1.82. The van der Waals surface area contributed by atoms with E-state index >= 15 is 0 Å². The zero-order valence-electron chi connectivity index (χ0n) is 14.6. The maximum Gasteiger partial charge on any atom is 0.123 e. The van der Waals surface area contributed by atoms with Crippen molar-refractivity contribution in [2.75, 3.05) is 39.4 Å². The van der Waals surface area contributed by atoms with Gasteiger partial charge in [0.15, 0.2) is 0 Å². The summed E-state index contributed by atoms with van der Waals surface area (Å²) in [5, 5.41) is 0. The lowest BCUT2D eigenvalue weighted by atomic mass is 10.1. The minimum atomic E-state index is -0.172. The third-order valence-electron chi connectivity index (χ3n) is 4.50. The molecular formula is C20H26FN3O. The van der Waals surface area contributed by atoms with E-state index in [4.69, 9.17) is 4.74 Å². The van der Waals surface area contributed by atoms with E-state index in [1.807, 2.05) is 30.6 Å². The number of hydrogen-bond donors (Lipinski definition) is 0. The highest BCUT2D eigenvalue weighted by Crippen LogP contribution is 2.12. The summed E-state index contributed by atoms with van der Waals surface area (Å²) in [5.74, 6) is -0.172. The van der Waals surface area contributed by atoms with E-state index in [0.29, 0.717) is 0 Å². The van der Waals surface area contributed by atoms with Gasteiger partial charge in [-0.25, -0.2) is 4.39 Å². The number of aromatic nitrogens is 1. The minimum absolute atomic E-state index is 0.172. The first-order valence-electron chi connectivity index (χ1n) is 8.95. The van der Waals surface area contributed by atoms with Crippen molar-refractivity contribution in [2.45, 2.75) is 19.5 Å². The second-order valence-corrected chi connectivity index (χ2v) is 6.50. The third kappa shape index (κ3) is 6.20. The van der Waals surface area contributed by atoms with Gasteiger partial charge in [0.1, 0.15) is 5.82 Å². The lowest BCUT2D eigenvalue weighted by Gasteiger charge is -2.28. The molecule has 1 fully saturated rings. The van der Waals surface area contributed by atoms with Crippen molar-refractivity contribution in [1.29, 1.82) is 0 Å². The number of ether oxygens (including phenoxy) is 1. The number of halogens is 1. The Morgan fingerprint density at radius 1 is 1.04 bits per heavy atom. The van der Waals surface area contributed by atoms with Gasteiger partial charge in [-0.3, -0.25) is 14.8 Å². The van der Waals surface area contributed by atoms with Crippen LogP contribution in [0.4, 0.5) is 4.39 Å². The molecular weight excluding hydrogens is 317 g/mol. The number of nitrogens with zero attached hydrogens (tertiary/aromatic N) is 3. The molecule has 1 aromatic heterocycles. The number of morpholine rings is 1. The molecule has 0 unspecified atom stereocenters. The van der Waals surface area contributed by atoms with E-state index in [9.17, 15) is 4.39 Å². The largest absolute Gasteiger partial charge is 0.379 e. The molecule has 25 heavy (non-hydrogen) atoms. The number of rotatable bonds is 8. The fraction of sp³-hybridized carbons (Fsp3) is 0.450. The van der Waals surface area contributed by atoms with Crippen molar-refractivity contribution in [3.63, 3.8) is 0 Å². The molecule has 0 radical (unpaired) electrons. The second-order valence-electron chi connectivity index (χ2n) is 6.50. The summed E-state index contributed by atoms with van der Waals surface area (Å²) in [6, 6.07) is 11.0. The molecule has 0 saturated carbocycles. The molecule has 0 aliphatic carbocycles. The Bertz CT molecular complexity index is 632. The lowest BCUT2D eigenvalue weighted by Crippen LogP contribution is -2.38. The van der Waals surface area contributed by atoms with E-state index in [1.165, 1.54) is 11.6 Å². The fourth-order valence-corrected chi connectivity index (χ4v) is 3.20. The van der Waals surface area contributed by atoms with Gasteiger partial charge in [-0.2, -0.15) is 0 Å². The normalized spacial score (nSPS) is 15.6. The Morgan fingerprint density at radius 2 is 1.80 bits per heavy atom. The van der Waals surface area contributed by atoms with Gasteiger partial charge in [-0.05, 0) is 48.4 Å². The molecule has 0 N–H and O–H groups in total. The van der Waals surface area contributed by atoms with Gasteiger partial charge in [0.05, 0.1) is 13.2 Å². The number of benzene rings is 1. The highest BCUT2D eigenvalue weighted by Gasteiger charge is 2.12. The van der Waals surface area contributed by atoms with Crippen LogP contribution in [-0.2, 0) is 17.8 Å². The van der Waals surface area contributed by atoms with Crippen molar-refractivity contribution in [2.24, 2.45) is 0 Å². The Morgan fingerprint density at radius 3 is 2.56 bits per heavy atom. The molecule has 4 nitrogen and oxygen atoms in total. The average molecular weight is 343 g/mol. The molecule has 0 atom stereocenters. The van der Waals surface area contributed by atoms with Crippen molar-refractivity contribution in [3.8, 4) is 0 Å². The smallest absolute Gasteiger partial charge is 0.123 e. The van der Waals surface area contributed by atoms with Crippen LogP contribution < -0.4 is 0 Å². The van der Waals surface area contributed by atoms with Crippen LogP contribution in [-0.4, -0.2) is 54.2 Å². The van der Waals surface area contributed by atoms with Gasteiger partial charge in [0.2, 0.25) is 0 Å². The molecule has 0 amide bonds. The van der Waals surface area contributed by atoms with Gasteiger partial charge in [0.25, 0.3) is 0 Å². The molecule has 0 spiro atoms. The number of pyridine rings is 1. The summed E-state index contributed by atoms with van der Waals surface area (Å²) in [5.41, 5.74) is 2.25. The summed E-state index contributed by atoms with van der Waals surface area (Å²) in [7, 11) is 0. The zero-order valence-corrected chi connectivity index (χ0v) is 14.6. The predicted octanol–water partition coefficient (Wildman–Crippen LogP) is 2.95. The Labute approximate surface area is 149 Å². The van der Waals surface area contributed by atoms with Crippen LogP contribution >= 0.6 is 0 Å². The first-order valence-corrected chi connectivity index (χ1v) is 8.95.